The smallest absolute Gasteiger partial charge is 0.336 e. The topological polar surface area (TPSA) is 54.4 Å². The number of hydrogen-bond acceptors (Lipinski definition) is 2. The molecule has 0 aliphatic heterocycles. The Hall–Kier alpha value is -1.90. The van der Waals surface area contributed by atoms with E-state index in [4.69, 9.17) is 5.11 Å². The van der Waals surface area contributed by atoms with Crippen molar-refractivity contribution in [2.45, 2.75) is 0 Å². The van der Waals surface area contributed by atoms with E-state index < -0.39 is 5.97 Å². The highest BCUT2D eigenvalue weighted by molar-refractivity contribution is 6.18. The summed E-state index contributed by atoms with van der Waals surface area (Å²) in [6.45, 7) is 0. The first-order valence-corrected chi connectivity index (χ1v) is 3.70. The third-order valence-electron chi connectivity index (χ3n) is 1.55. The van der Waals surface area contributed by atoms with Gasteiger partial charge in [-0.3, -0.25) is 4.79 Å². The minimum atomic E-state index is -1.10. The standard InChI is InChI=1S/C10H8O3/c11-7-6-9(10(12)13)8-4-2-1-3-5-8/h1-7H,(H,12,13). The number of aldehydes is 1. The Kier molecular flexibility index (Phi) is 2.97. The van der Waals surface area contributed by atoms with E-state index in [0.29, 0.717) is 11.8 Å². The van der Waals surface area contributed by atoms with Crippen LogP contribution in [0, 0.1) is 0 Å². The van der Waals surface area contributed by atoms with E-state index in [2.05, 4.69) is 0 Å². The lowest BCUT2D eigenvalue weighted by Gasteiger charge is -1.99. The van der Waals surface area contributed by atoms with Gasteiger partial charge in [-0.05, 0) is 11.6 Å². The van der Waals surface area contributed by atoms with Gasteiger partial charge in [-0.25, -0.2) is 4.79 Å². The maximum Gasteiger partial charge on any atom is 0.336 e. The molecule has 1 N–H and O–H groups in total. The fourth-order valence-electron chi connectivity index (χ4n) is 0.977. The van der Waals surface area contributed by atoms with Gasteiger partial charge < -0.3 is 5.11 Å². The van der Waals surface area contributed by atoms with Gasteiger partial charge in [0, 0.05) is 0 Å². The zero-order valence-electron chi connectivity index (χ0n) is 6.81. The zero-order valence-corrected chi connectivity index (χ0v) is 6.81. The summed E-state index contributed by atoms with van der Waals surface area (Å²) in [7, 11) is 0. The van der Waals surface area contributed by atoms with Crippen LogP contribution in [-0.4, -0.2) is 17.4 Å². The van der Waals surface area contributed by atoms with Crippen molar-refractivity contribution in [2.75, 3.05) is 0 Å². The van der Waals surface area contributed by atoms with Crippen LogP contribution in [-0.2, 0) is 9.59 Å². The number of carboxylic acid groups (broad SMARTS) is 1. The van der Waals surface area contributed by atoms with Gasteiger partial charge in [0.1, 0.15) is 6.29 Å². The molecule has 0 aliphatic rings. The molecule has 1 aromatic carbocycles. The van der Waals surface area contributed by atoms with E-state index >= 15 is 0 Å². The summed E-state index contributed by atoms with van der Waals surface area (Å²) >= 11 is 0. The highest BCUT2D eigenvalue weighted by Crippen LogP contribution is 2.12. The van der Waals surface area contributed by atoms with Crippen LogP contribution >= 0.6 is 0 Å². The third kappa shape index (κ3) is 2.27. The predicted molar refractivity (Wildman–Crippen MR) is 48.1 cm³/mol. The summed E-state index contributed by atoms with van der Waals surface area (Å²) in [4.78, 5) is 20.8. The van der Waals surface area contributed by atoms with Crippen LogP contribution in [0.4, 0.5) is 0 Å². The van der Waals surface area contributed by atoms with Crippen molar-refractivity contribution in [3.05, 3.63) is 42.0 Å². The highest BCUT2D eigenvalue weighted by Gasteiger charge is 2.08. The largest absolute Gasteiger partial charge is 0.478 e. The van der Waals surface area contributed by atoms with E-state index in [0.717, 1.165) is 6.08 Å². The van der Waals surface area contributed by atoms with Crippen LogP contribution in [0.3, 0.4) is 0 Å². The lowest BCUT2D eigenvalue weighted by atomic mass is 10.1. The normalized spacial score (nSPS) is 10.9. The SMILES string of the molecule is O=CC=C(C(=O)O)c1ccccc1. The number of hydrogen-bond donors (Lipinski definition) is 1. The first-order chi connectivity index (χ1) is 6.25. The van der Waals surface area contributed by atoms with Crippen molar-refractivity contribution in [2.24, 2.45) is 0 Å². The number of aliphatic carboxylic acids is 1. The molecule has 0 heterocycles. The van der Waals surface area contributed by atoms with Crippen molar-refractivity contribution >= 4 is 17.8 Å². The van der Waals surface area contributed by atoms with Crippen LogP contribution in [0.15, 0.2) is 36.4 Å². The molecule has 0 fully saturated rings. The van der Waals surface area contributed by atoms with Crippen molar-refractivity contribution in [3.63, 3.8) is 0 Å². The molecule has 1 aromatic rings. The zero-order chi connectivity index (χ0) is 9.68. The average Bonchev–Trinajstić information content (AvgIpc) is 2.15. The quantitative estimate of drug-likeness (QED) is 0.558. The lowest BCUT2D eigenvalue weighted by molar-refractivity contribution is -0.130. The number of carbonyl (C=O) groups is 2. The first-order valence-electron chi connectivity index (χ1n) is 3.70. The van der Waals surface area contributed by atoms with Crippen LogP contribution in [0.5, 0.6) is 0 Å². The molecule has 0 saturated heterocycles. The molecule has 3 heteroatoms. The Labute approximate surface area is 75.3 Å². The Balaban J connectivity index is 3.10. The molecule has 0 aliphatic carbocycles. The molecule has 0 unspecified atom stereocenters. The Morgan fingerprint density at radius 3 is 2.31 bits per heavy atom. The van der Waals surface area contributed by atoms with E-state index in [1.54, 1.807) is 30.3 Å². The van der Waals surface area contributed by atoms with Crippen LogP contribution < -0.4 is 0 Å². The number of rotatable bonds is 3. The van der Waals surface area contributed by atoms with E-state index in [-0.39, 0.29) is 5.57 Å². The third-order valence-corrected chi connectivity index (χ3v) is 1.55. The Bertz CT molecular complexity index is 338. The van der Waals surface area contributed by atoms with Crippen molar-refractivity contribution in [3.8, 4) is 0 Å². The van der Waals surface area contributed by atoms with Gasteiger partial charge in [0.2, 0.25) is 0 Å². The predicted octanol–water partition coefficient (Wildman–Crippen LogP) is 1.35. The summed E-state index contributed by atoms with van der Waals surface area (Å²) in [5.41, 5.74) is 0.540. The first kappa shape index (κ1) is 9.19. The monoisotopic (exact) mass is 176 g/mol. The second-order valence-electron chi connectivity index (χ2n) is 2.39. The molecule has 3 nitrogen and oxygen atoms in total. The van der Waals surface area contributed by atoms with Crippen molar-refractivity contribution in [1.82, 2.24) is 0 Å². The second-order valence-corrected chi connectivity index (χ2v) is 2.39. The summed E-state index contributed by atoms with van der Waals surface area (Å²) in [6, 6.07) is 8.50. The van der Waals surface area contributed by atoms with Gasteiger partial charge in [-0.15, -0.1) is 0 Å². The number of allylic oxidation sites excluding steroid dienone is 1. The molecular weight excluding hydrogens is 168 g/mol. The fourth-order valence-corrected chi connectivity index (χ4v) is 0.977. The molecule has 0 bridgehead atoms. The molecule has 0 radical (unpaired) electrons. The summed E-state index contributed by atoms with van der Waals surface area (Å²) in [5.74, 6) is -1.10. The molecule has 0 amide bonds. The highest BCUT2D eigenvalue weighted by atomic mass is 16.4. The van der Waals surface area contributed by atoms with E-state index in [1.165, 1.54) is 0 Å². The van der Waals surface area contributed by atoms with Crippen molar-refractivity contribution < 1.29 is 14.7 Å². The molecule has 0 aromatic heterocycles. The van der Waals surface area contributed by atoms with E-state index in [1.807, 2.05) is 0 Å². The second kappa shape index (κ2) is 4.21. The van der Waals surface area contributed by atoms with Gasteiger partial charge in [0.15, 0.2) is 0 Å². The molecule has 66 valence electrons. The van der Waals surface area contributed by atoms with Gasteiger partial charge in [0.25, 0.3) is 0 Å². The molecular formula is C10H8O3. The summed E-state index contributed by atoms with van der Waals surface area (Å²) in [5, 5.41) is 8.73. The molecule has 0 atom stereocenters. The van der Waals surface area contributed by atoms with Crippen LogP contribution in [0.1, 0.15) is 5.56 Å². The van der Waals surface area contributed by atoms with Gasteiger partial charge in [-0.2, -0.15) is 0 Å². The molecule has 13 heavy (non-hydrogen) atoms. The minimum absolute atomic E-state index is 0.00981. The summed E-state index contributed by atoms with van der Waals surface area (Å²) < 4.78 is 0. The molecule has 0 saturated carbocycles. The summed E-state index contributed by atoms with van der Waals surface area (Å²) in [6.07, 6.45) is 1.51. The number of carbonyl (C=O) groups excluding carboxylic acids is 1. The molecule has 1 rings (SSSR count). The Morgan fingerprint density at radius 1 is 1.23 bits per heavy atom. The Morgan fingerprint density at radius 2 is 1.85 bits per heavy atom. The van der Waals surface area contributed by atoms with E-state index in [9.17, 15) is 9.59 Å². The number of benzene rings is 1. The minimum Gasteiger partial charge on any atom is -0.478 e. The van der Waals surface area contributed by atoms with Gasteiger partial charge in [0.05, 0.1) is 5.57 Å². The fraction of sp³-hybridized carbons (Fsp3) is 0. The maximum atomic E-state index is 10.7. The van der Waals surface area contributed by atoms with Crippen molar-refractivity contribution in [1.29, 1.82) is 0 Å². The van der Waals surface area contributed by atoms with Gasteiger partial charge >= 0.3 is 5.97 Å². The number of carboxylic acids is 1. The lowest BCUT2D eigenvalue weighted by Crippen LogP contribution is -1.99. The molecule has 0 spiro atoms. The maximum absolute atomic E-state index is 10.7. The average molecular weight is 176 g/mol. The van der Waals surface area contributed by atoms with Gasteiger partial charge in [-0.1, -0.05) is 30.3 Å². The van der Waals surface area contributed by atoms with Crippen LogP contribution in [0.2, 0.25) is 0 Å². The van der Waals surface area contributed by atoms with Crippen LogP contribution in [0.25, 0.3) is 5.57 Å².